The molecule has 0 spiro atoms. The molecule has 0 saturated heterocycles. The molecule has 0 aliphatic carbocycles. The molecule has 282 valence electrons. The number of aliphatic hydroxyl groups excluding tert-OH is 3. The number of amides is 1. The molecule has 0 aromatic rings. The summed E-state index contributed by atoms with van der Waals surface area (Å²) in [6.07, 6.45) is 47.3. The van der Waals surface area contributed by atoms with E-state index in [4.69, 9.17) is 0 Å². The summed E-state index contributed by atoms with van der Waals surface area (Å²) in [6.45, 7) is 4.14. The van der Waals surface area contributed by atoms with Crippen LogP contribution in [0, 0.1) is 0 Å². The van der Waals surface area contributed by atoms with Gasteiger partial charge in [0.1, 0.15) is 0 Å². The van der Waals surface area contributed by atoms with E-state index in [-0.39, 0.29) is 18.9 Å². The van der Waals surface area contributed by atoms with Crippen LogP contribution in [0.25, 0.3) is 0 Å². The summed E-state index contributed by atoms with van der Waals surface area (Å²) in [5, 5.41) is 33.0. The second kappa shape index (κ2) is 38.4. The molecule has 0 bridgehead atoms. The molecule has 1 amide bonds. The van der Waals surface area contributed by atoms with Gasteiger partial charge < -0.3 is 20.6 Å². The third kappa shape index (κ3) is 34.4. The quantitative estimate of drug-likeness (QED) is 0.0390. The molecule has 0 aromatic carbocycles. The van der Waals surface area contributed by atoms with Crippen molar-refractivity contribution in [3.8, 4) is 0 Å². The van der Waals surface area contributed by atoms with Gasteiger partial charge in [0, 0.05) is 0 Å². The first-order valence-corrected chi connectivity index (χ1v) is 20.8. The SMILES string of the molecule is CCCC/C=C\CCCCCC(O)CC(=O)NC(CO)C(O)/C=C/CC/C=C/CCCCCCCCCCCCCCCCCCCC. The number of rotatable bonds is 37. The van der Waals surface area contributed by atoms with Crippen LogP contribution in [0.15, 0.2) is 36.5 Å². The number of hydrogen-bond acceptors (Lipinski definition) is 4. The van der Waals surface area contributed by atoms with E-state index in [2.05, 4.69) is 43.5 Å². The fraction of sp³-hybridized carbons (Fsp3) is 0.837. The highest BCUT2D eigenvalue weighted by Gasteiger charge is 2.20. The lowest BCUT2D eigenvalue weighted by Crippen LogP contribution is -2.45. The molecule has 0 heterocycles. The predicted molar refractivity (Wildman–Crippen MR) is 208 cm³/mol. The molecule has 0 aromatic heterocycles. The van der Waals surface area contributed by atoms with E-state index in [1.807, 2.05) is 6.08 Å². The van der Waals surface area contributed by atoms with E-state index in [0.29, 0.717) is 6.42 Å². The maximum absolute atomic E-state index is 12.3. The van der Waals surface area contributed by atoms with Gasteiger partial charge in [-0.2, -0.15) is 0 Å². The van der Waals surface area contributed by atoms with Crippen molar-refractivity contribution in [1.82, 2.24) is 5.32 Å². The summed E-state index contributed by atoms with van der Waals surface area (Å²) < 4.78 is 0. The summed E-state index contributed by atoms with van der Waals surface area (Å²) in [5.74, 6) is -0.338. The molecular formula is C43H81NO4. The maximum atomic E-state index is 12.3. The summed E-state index contributed by atoms with van der Waals surface area (Å²) in [4.78, 5) is 12.3. The summed E-state index contributed by atoms with van der Waals surface area (Å²) in [5.41, 5.74) is 0. The van der Waals surface area contributed by atoms with Gasteiger partial charge in [-0.1, -0.05) is 185 Å². The Bertz CT molecular complexity index is 749. The lowest BCUT2D eigenvalue weighted by molar-refractivity contribution is -0.124. The third-order valence-corrected chi connectivity index (χ3v) is 9.40. The van der Waals surface area contributed by atoms with Crippen molar-refractivity contribution in [3.05, 3.63) is 36.5 Å². The number of carbonyl (C=O) groups is 1. The molecule has 4 N–H and O–H groups in total. The maximum Gasteiger partial charge on any atom is 0.222 e. The second-order valence-corrected chi connectivity index (χ2v) is 14.2. The van der Waals surface area contributed by atoms with Crippen molar-refractivity contribution in [2.24, 2.45) is 0 Å². The van der Waals surface area contributed by atoms with Crippen molar-refractivity contribution >= 4 is 5.91 Å². The van der Waals surface area contributed by atoms with Crippen LogP contribution in [-0.4, -0.2) is 46.1 Å². The van der Waals surface area contributed by atoms with Crippen LogP contribution in [0.4, 0.5) is 0 Å². The first-order chi connectivity index (χ1) is 23.5. The molecule has 0 fully saturated rings. The first-order valence-electron chi connectivity index (χ1n) is 20.8. The number of carbonyl (C=O) groups excluding carboxylic acids is 1. The number of hydrogen-bond donors (Lipinski definition) is 4. The van der Waals surface area contributed by atoms with Crippen LogP contribution in [0.5, 0.6) is 0 Å². The number of aliphatic hydroxyl groups is 3. The zero-order valence-electron chi connectivity index (χ0n) is 31.9. The number of nitrogens with one attached hydrogen (secondary N) is 1. The van der Waals surface area contributed by atoms with E-state index < -0.39 is 18.2 Å². The van der Waals surface area contributed by atoms with Crippen LogP contribution in [0.1, 0.15) is 206 Å². The molecule has 5 heteroatoms. The molecule has 48 heavy (non-hydrogen) atoms. The Balaban J connectivity index is 3.67. The topological polar surface area (TPSA) is 89.8 Å². The monoisotopic (exact) mass is 676 g/mol. The van der Waals surface area contributed by atoms with Gasteiger partial charge in [-0.15, -0.1) is 0 Å². The first kappa shape index (κ1) is 46.6. The minimum atomic E-state index is -0.954. The lowest BCUT2D eigenvalue weighted by atomic mass is 10.0. The molecule has 0 rings (SSSR count). The van der Waals surface area contributed by atoms with Gasteiger partial charge in [0.15, 0.2) is 0 Å². The van der Waals surface area contributed by atoms with Crippen LogP contribution < -0.4 is 5.32 Å². The molecule has 0 saturated carbocycles. The normalized spacial score (nSPS) is 14.0. The van der Waals surface area contributed by atoms with Crippen molar-refractivity contribution in [3.63, 3.8) is 0 Å². The minimum absolute atomic E-state index is 0.00583. The van der Waals surface area contributed by atoms with E-state index in [0.717, 1.165) is 51.4 Å². The lowest BCUT2D eigenvalue weighted by Gasteiger charge is -2.20. The summed E-state index contributed by atoms with van der Waals surface area (Å²) >= 11 is 0. The Morgan fingerprint density at radius 1 is 0.521 bits per heavy atom. The molecule has 3 unspecified atom stereocenters. The molecule has 3 atom stereocenters. The van der Waals surface area contributed by atoms with Crippen molar-refractivity contribution in [2.45, 2.75) is 225 Å². The minimum Gasteiger partial charge on any atom is -0.394 e. The Kier molecular flexibility index (Phi) is 37.2. The predicted octanol–water partition coefficient (Wildman–Crippen LogP) is 11.6. The third-order valence-electron chi connectivity index (χ3n) is 9.40. The van der Waals surface area contributed by atoms with Crippen LogP contribution in [-0.2, 0) is 4.79 Å². The Hall–Kier alpha value is -1.43. The van der Waals surface area contributed by atoms with Gasteiger partial charge in [-0.3, -0.25) is 4.79 Å². The van der Waals surface area contributed by atoms with Gasteiger partial charge in [0.05, 0.1) is 31.3 Å². The van der Waals surface area contributed by atoms with Crippen LogP contribution in [0.2, 0.25) is 0 Å². The Morgan fingerprint density at radius 3 is 1.40 bits per heavy atom. The van der Waals surface area contributed by atoms with Gasteiger partial charge in [-0.05, 0) is 51.4 Å². The Labute approximate surface area is 298 Å². The fourth-order valence-corrected chi connectivity index (χ4v) is 6.16. The van der Waals surface area contributed by atoms with Crippen molar-refractivity contribution in [1.29, 1.82) is 0 Å². The van der Waals surface area contributed by atoms with E-state index in [1.54, 1.807) is 6.08 Å². The highest BCUT2D eigenvalue weighted by Crippen LogP contribution is 2.15. The van der Waals surface area contributed by atoms with E-state index in [1.165, 1.54) is 128 Å². The van der Waals surface area contributed by atoms with E-state index in [9.17, 15) is 20.1 Å². The van der Waals surface area contributed by atoms with Crippen molar-refractivity contribution < 1.29 is 20.1 Å². The summed E-state index contributed by atoms with van der Waals surface area (Å²) in [6, 6.07) is -0.763. The van der Waals surface area contributed by atoms with Crippen LogP contribution in [0.3, 0.4) is 0 Å². The number of unbranched alkanes of at least 4 members (excludes halogenated alkanes) is 24. The molecule has 0 aliphatic rings. The molecule has 0 aliphatic heterocycles. The largest absolute Gasteiger partial charge is 0.394 e. The van der Waals surface area contributed by atoms with Gasteiger partial charge >= 0.3 is 0 Å². The zero-order chi connectivity index (χ0) is 35.2. The highest BCUT2D eigenvalue weighted by atomic mass is 16.3. The van der Waals surface area contributed by atoms with Gasteiger partial charge in [0.2, 0.25) is 5.91 Å². The van der Waals surface area contributed by atoms with Crippen molar-refractivity contribution in [2.75, 3.05) is 6.61 Å². The fourth-order valence-electron chi connectivity index (χ4n) is 6.16. The molecular weight excluding hydrogens is 594 g/mol. The second-order valence-electron chi connectivity index (χ2n) is 14.2. The smallest absolute Gasteiger partial charge is 0.222 e. The highest BCUT2D eigenvalue weighted by molar-refractivity contribution is 5.76. The standard InChI is InChI=1S/C43H81NO4/c1-3-5-7-9-11-13-14-15-16-17-18-19-20-21-22-23-24-25-26-27-29-31-33-35-37-42(47)41(39-45)44-43(48)38-40(46)36-34-32-30-28-12-10-8-6-4-2/h10,12,27,29,35,37,40-42,45-47H,3-9,11,13-26,28,30-34,36,38-39H2,1-2H3,(H,44,48)/b12-10-,29-27+,37-35+. The average molecular weight is 676 g/mol. The summed E-state index contributed by atoms with van der Waals surface area (Å²) in [7, 11) is 0. The Morgan fingerprint density at radius 2 is 0.917 bits per heavy atom. The average Bonchev–Trinajstić information content (AvgIpc) is 3.08. The van der Waals surface area contributed by atoms with Gasteiger partial charge in [0.25, 0.3) is 0 Å². The molecule has 5 nitrogen and oxygen atoms in total. The zero-order valence-corrected chi connectivity index (χ0v) is 31.9. The molecule has 0 radical (unpaired) electrons. The van der Waals surface area contributed by atoms with E-state index >= 15 is 0 Å². The van der Waals surface area contributed by atoms with Gasteiger partial charge in [-0.25, -0.2) is 0 Å². The number of allylic oxidation sites excluding steroid dienone is 5. The van der Waals surface area contributed by atoms with Crippen LogP contribution >= 0.6 is 0 Å².